The number of rotatable bonds is 7. The van der Waals surface area contributed by atoms with E-state index in [0.717, 1.165) is 0 Å². The third kappa shape index (κ3) is 8.02. The van der Waals surface area contributed by atoms with E-state index in [2.05, 4.69) is 10.6 Å². The van der Waals surface area contributed by atoms with Gasteiger partial charge in [0.15, 0.2) is 0 Å². The molecule has 1 aromatic carbocycles. The third-order valence-electron chi connectivity index (χ3n) is 4.21. The highest BCUT2D eigenvalue weighted by Gasteiger charge is 2.37. The van der Waals surface area contributed by atoms with Crippen LogP contribution in [0.3, 0.4) is 0 Å². The fraction of sp³-hybridized carbons (Fsp3) is 0.526. The molecule has 0 unspecified atom stereocenters. The summed E-state index contributed by atoms with van der Waals surface area (Å²) in [5.41, 5.74) is 0.180. The zero-order valence-corrected chi connectivity index (χ0v) is 19.4. The van der Waals surface area contributed by atoms with Crippen LogP contribution >= 0.6 is 35.0 Å². The first-order valence-corrected chi connectivity index (χ1v) is 11.4. The molecule has 1 aliphatic rings. The van der Waals surface area contributed by atoms with E-state index in [-0.39, 0.29) is 40.0 Å². The lowest BCUT2D eigenvalue weighted by molar-refractivity contribution is -0.133. The maximum absolute atomic E-state index is 12.5. The molecule has 2 amide bonds. The van der Waals surface area contributed by atoms with Gasteiger partial charge >= 0.3 is 7.12 Å². The minimum atomic E-state index is -0.884. The van der Waals surface area contributed by atoms with Crippen molar-refractivity contribution in [2.45, 2.75) is 38.4 Å². The van der Waals surface area contributed by atoms with E-state index in [1.54, 1.807) is 6.07 Å². The minimum Gasteiger partial charge on any atom is -0.508 e. The lowest BCUT2D eigenvalue weighted by Crippen LogP contribution is -2.53. The van der Waals surface area contributed by atoms with Crippen LogP contribution in [-0.4, -0.2) is 55.0 Å². The molecule has 11 heteroatoms. The van der Waals surface area contributed by atoms with Crippen molar-refractivity contribution in [3.63, 3.8) is 0 Å². The average Bonchev–Trinajstić information content (AvgIpc) is 2.67. The van der Waals surface area contributed by atoms with Crippen LogP contribution in [0.1, 0.15) is 37.6 Å². The molecule has 1 aromatic rings. The molecule has 164 valence electrons. The van der Waals surface area contributed by atoms with Crippen LogP contribution in [0.2, 0.25) is 10.0 Å². The number of carbonyl (C=O) groups excluding carboxylic acids is 3. The number of benzene rings is 1. The second kappa shape index (κ2) is 11.8. The van der Waals surface area contributed by atoms with Gasteiger partial charge in [0.25, 0.3) is 11.9 Å². The third-order valence-corrected chi connectivity index (χ3v) is 5.88. The van der Waals surface area contributed by atoms with E-state index in [4.69, 9.17) is 32.5 Å². The van der Waals surface area contributed by atoms with Gasteiger partial charge in [-0.2, -0.15) is 0 Å². The number of amides is 2. The summed E-state index contributed by atoms with van der Waals surface area (Å²) in [6, 6.07) is 4.51. The van der Waals surface area contributed by atoms with Crippen molar-refractivity contribution >= 4 is 59.9 Å². The predicted octanol–water partition coefficient (Wildman–Crippen LogP) is 2.98. The molecule has 2 atom stereocenters. The van der Waals surface area contributed by atoms with E-state index >= 15 is 0 Å². The van der Waals surface area contributed by atoms with E-state index in [1.807, 2.05) is 20.8 Å². The predicted molar refractivity (Wildman–Crippen MR) is 120 cm³/mol. The average molecular weight is 475 g/mol. The van der Waals surface area contributed by atoms with Crippen molar-refractivity contribution in [1.29, 1.82) is 0 Å². The maximum atomic E-state index is 12.5. The molecule has 2 rings (SSSR count). The van der Waals surface area contributed by atoms with E-state index in [0.29, 0.717) is 18.1 Å². The molecule has 0 aliphatic carbocycles. The van der Waals surface area contributed by atoms with E-state index < -0.39 is 24.9 Å². The van der Waals surface area contributed by atoms with Gasteiger partial charge in [-0.15, -0.1) is 11.8 Å². The largest absolute Gasteiger partial charge is 0.551 e. The van der Waals surface area contributed by atoms with Gasteiger partial charge in [0.1, 0.15) is 0 Å². The second-order valence-electron chi connectivity index (χ2n) is 7.42. The molecule has 0 spiro atoms. The molecular weight excluding hydrogens is 450 g/mol. The number of halogens is 2. The van der Waals surface area contributed by atoms with Gasteiger partial charge in [-0.25, -0.2) is 0 Å². The molecule has 30 heavy (non-hydrogen) atoms. The lowest BCUT2D eigenvalue weighted by atomic mass is 9.73. The maximum Gasteiger partial charge on any atom is 0.551 e. The number of carbonyl (C=O) groups is 3. The van der Waals surface area contributed by atoms with Crippen molar-refractivity contribution in [2.24, 2.45) is 5.92 Å². The molecule has 1 fully saturated rings. The fourth-order valence-electron chi connectivity index (χ4n) is 2.82. The Morgan fingerprint density at radius 2 is 2.07 bits per heavy atom. The number of hydrogen-bond donors (Lipinski definition) is 2. The standard InChI is InChI=1S/C19H25BCl2N2O5S/c1-11(2)6-16(20-28-9-12(3)30-10-18(26)29-20)24-17(25)8-23-19(27)14-7-13(21)4-5-15(14)22/h4-5,7,11-12,16H,6,8-10H2,1-3H3,(H,23,27)(H,24,25)/t12-,16+/m1/s1. The summed E-state index contributed by atoms with van der Waals surface area (Å²) >= 11 is 13.4. The summed E-state index contributed by atoms with van der Waals surface area (Å²) in [4.78, 5) is 36.8. The topological polar surface area (TPSA) is 93.7 Å². The van der Waals surface area contributed by atoms with Crippen LogP contribution in [-0.2, 0) is 18.9 Å². The monoisotopic (exact) mass is 474 g/mol. The van der Waals surface area contributed by atoms with Crippen LogP contribution in [0.15, 0.2) is 18.2 Å². The molecule has 7 nitrogen and oxygen atoms in total. The summed E-state index contributed by atoms with van der Waals surface area (Å²) in [6.45, 7) is 6.07. The van der Waals surface area contributed by atoms with Crippen LogP contribution in [0.4, 0.5) is 0 Å². The Labute approximate surface area is 191 Å². The number of hydrogen-bond acceptors (Lipinski definition) is 6. The van der Waals surface area contributed by atoms with Crippen LogP contribution in [0.5, 0.6) is 0 Å². The molecule has 1 saturated heterocycles. The van der Waals surface area contributed by atoms with Crippen molar-refractivity contribution in [2.75, 3.05) is 18.9 Å². The first kappa shape index (κ1) is 24.9. The Bertz CT molecular complexity index is 783. The van der Waals surface area contributed by atoms with Crippen LogP contribution in [0.25, 0.3) is 0 Å². The van der Waals surface area contributed by atoms with Crippen LogP contribution < -0.4 is 10.6 Å². The van der Waals surface area contributed by atoms with Crippen molar-refractivity contribution < 1.29 is 23.7 Å². The summed E-state index contributed by atoms with van der Waals surface area (Å²) in [5.74, 6) is -1.42. The Balaban J connectivity index is 1.99. The molecule has 1 aliphatic heterocycles. The molecule has 0 aromatic heterocycles. The van der Waals surface area contributed by atoms with Gasteiger partial charge in [-0.3, -0.25) is 14.4 Å². The zero-order valence-electron chi connectivity index (χ0n) is 17.1. The molecule has 2 N–H and O–H groups in total. The summed E-state index contributed by atoms with van der Waals surface area (Å²) < 4.78 is 11.2. The Kier molecular flexibility index (Phi) is 9.80. The minimum absolute atomic E-state index is 0.137. The molecule has 1 heterocycles. The number of thioether (sulfide) groups is 1. The SMILES string of the molecule is CC(C)C[C@H](NC(=O)CNC(=O)c1cc(Cl)ccc1Cl)B1OC[C@@H](C)SCC(=O)O1. The van der Waals surface area contributed by atoms with Gasteiger partial charge in [0.2, 0.25) is 5.91 Å². The first-order chi connectivity index (χ1) is 14.2. The fourth-order valence-corrected chi connectivity index (χ4v) is 3.85. The highest BCUT2D eigenvalue weighted by atomic mass is 35.5. The quantitative estimate of drug-likeness (QED) is 0.590. The molecule has 0 saturated carbocycles. The van der Waals surface area contributed by atoms with Gasteiger partial charge in [-0.1, -0.05) is 44.0 Å². The van der Waals surface area contributed by atoms with Crippen molar-refractivity contribution in [3.05, 3.63) is 33.8 Å². The van der Waals surface area contributed by atoms with Gasteiger partial charge < -0.3 is 19.9 Å². The summed E-state index contributed by atoms with van der Waals surface area (Å²) in [5, 5.41) is 6.07. The Morgan fingerprint density at radius 1 is 1.33 bits per heavy atom. The lowest BCUT2D eigenvalue weighted by Gasteiger charge is -2.28. The van der Waals surface area contributed by atoms with Crippen molar-refractivity contribution in [1.82, 2.24) is 10.6 Å². The van der Waals surface area contributed by atoms with E-state index in [9.17, 15) is 14.4 Å². The normalized spacial score (nSPS) is 18.3. The van der Waals surface area contributed by atoms with Crippen molar-refractivity contribution in [3.8, 4) is 0 Å². The Morgan fingerprint density at radius 3 is 2.77 bits per heavy atom. The molecule has 0 bridgehead atoms. The zero-order chi connectivity index (χ0) is 22.3. The summed E-state index contributed by atoms with van der Waals surface area (Å²) in [6.07, 6.45) is 0.541. The highest BCUT2D eigenvalue weighted by Crippen LogP contribution is 2.20. The smallest absolute Gasteiger partial charge is 0.508 e. The first-order valence-electron chi connectivity index (χ1n) is 9.61. The van der Waals surface area contributed by atoms with Gasteiger partial charge in [0, 0.05) is 16.9 Å². The van der Waals surface area contributed by atoms with E-state index in [1.165, 1.54) is 23.9 Å². The Hall–Kier alpha value is -1.42. The van der Waals surface area contributed by atoms with Gasteiger partial charge in [0.05, 0.1) is 28.8 Å². The summed E-state index contributed by atoms with van der Waals surface area (Å²) in [7, 11) is -0.884. The highest BCUT2D eigenvalue weighted by molar-refractivity contribution is 8.00. The second-order valence-corrected chi connectivity index (χ2v) is 9.69. The number of nitrogens with one attached hydrogen (secondary N) is 2. The molecular formula is C19H25BCl2N2O5S. The van der Waals surface area contributed by atoms with Crippen LogP contribution in [0, 0.1) is 5.92 Å². The van der Waals surface area contributed by atoms with Gasteiger partial charge in [-0.05, 0) is 30.5 Å². The molecule has 0 radical (unpaired) electrons.